The Labute approximate surface area is 123 Å². The molecule has 0 bridgehead atoms. The number of anilines is 1. The second kappa shape index (κ2) is 5.04. The summed E-state index contributed by atoms with van der Waals surface area (Å²) in [5, 5.41) is 10.5. The van der Waals surface area contributed by atoms with Gasteiger partial charge in [-0.2, -0.15) is 0 Å². The molecule has 0 amide bonds. The lowest BCUT2D eigenvalue weighted by Gasteiger charge is -2.20. The van der Waals surface area contributed by atoms with Gasteiger partial charge >= 0.3 is 0 Å². The van der Waals surface area contributed by atoms with Gasteiger partial charge in [-0.3, -0.25) is 0 Å². The quantitative estimate of drug-likeness (QED) is 0.864. The van der Waals surface area contributed by atoms with E-state index in [9.17, 15) is 5.11 Å². The van der Waals surface area contributed by atoms with Gasteiger partial charge in [0.2, 0.25) is 0 Å². The predicted octanol–water partition coefficient (Wildman–Crippen LogP) is 2.76. The minimum atomic E-state index is -0.662. The smallest absolute Gasteiger partial charge is 0.163 e. The van der Waals surface area contributed by atoms with E-state index >= 15 is 0 Å². The summed E-state index contributed by atoms with van der Waals surface area (Å²) < 4.78 is 0. The highest BCUT2D eigenvalue weighted by atomic mass is 35.5. The molecule has 5 heteroatoms. The molecule has 1 unspecified atom stereocenters. The first kappa shape index (κ1) is 13.3. The summed E-state index contributed by atoms with van der Waals surface area (Å²) >= 11 is 6.11. The van der Waals surface area contributed by atoms with Crippen molar-refractivity contribution in [3.8, 4) is 11.4 Å². The van der Waals surface area contributed by atoms with Crippen molar-refractivity contribution in [1.29, 1.82) is 0 Å². The standard InChI is InChI=1S/C15H16ClN3O/c1-15(20)7-8-19(10-15)13-9-12(16)17-14(18-13)11-5-3-2-4-6-11/h2-6,9,20H,7-8,10H2,1H3. The second-order valence-corrected chi connectivity index (χ2v) is 5.79. The van der Waals surface area contributed by atoms with Gasteiger partial charge in [0.05, 0.1) is 5.60 Å². The molecule has 1 fully saturated rings. The third kappa shape index (κ3) is 2.76. The van der Waals surface area contributed by atoms with Gasteiger partial charge in [0.1, 0.15) is 11.0 Å². The first-order valence-electron chi connectivity index (χ1n) is 6.61. The van der Waals surface area contributed by atoms with Crippen LogP contribution in [0.2, 0.25) is 5.15 Å². The number of aromatic nitrogens is 2. The van der Waals surface area contributed by atoms with Crippen LogP contribution in [0.15, 0.2) is 36.4 Å². The van der Waals surface area contributed by atoms with Crippen molar-refractivity contribution in [2.45, 2.75) is 18.9 Å². The molecule has 0 saturated carbocycles. The lowest BCUT2D eigenvalue weighted by atomic mass is 10.1. The highest BCUT2D eigenvalue weighted by Crippen LogP contribution is 2.28. The summed E-state index contributed by atoms with van der Waals surface area (Å²) in [6, 6.07) is 11.5. The number of hydrogen-bond donors (Lipinski definition) is 1. The minimum Gasteiger partial charge on any atom is -0.388 e. The SMILES string of the molecule is CC1(O)CCN(c2cc(Cl)nc(-c3ccccc3)n2)C1. The van der Waals surface area contributed by atoms with E-state index in [0.717, 1.165) is 24.3 Å². The summed E-state index contributed by atoms with van der Waals surface area (Å²) in [7, 11) is 0. The van der Waals surface area contributed by atoms with Crippen molar-refractivity contribution in [3.05, 3.63) is 41.6 Å². The topological polar surface area (TPSA) is 49.2 Å². The molecule has 1 atom stereocenters. The maximum Gasteiger partial charge on any atom is 0.163 e. The van der Waals surface area contributed by atoms with Crippen LogP contribution in [0.25, 0.3) is 11.4 Å². The first-order chi connectivity index (χ1) is 9.53. The summed E-state index contributed by atoms with van der Waals surface area (Å²) in [4.78, 5) is 10.9. The van der Waals surface area contributed by atoms with Crippen LogP contribution in [0.5, 0.6) is 0 Å². The lowest BCUT2D eigenvalue weighted by Crippen LogP contribution is -2.30. The van der Waals surface area contributed by atoms with E-state index in [1.807, 2.05) is 42.2 Å². The largest absolute Gasteiger partial charge is 0.388 e. The van der Waals surface area contributed by atoms with E-state index < -0.39 is 5.60 Å². The third-order valence-corrected chi connectivity index (χ3v) is 3.68. The number of nitrogens with zero attached hydrogens (tertiary/aromatic N) is 3. The first-order valence-corrected chi connectivity index (χ1v) is 6.99. The molecule has 1 N–H and O–H groups in total. The Hall–Kier alpha value is -1.65. The van der Waals surface area contributed by atoms with E-state index in [4.69, 9.17) is 11.6 Å². The molecular weight excluding hydrogens is 274 g/mol. The number of benzene rings is 1. The van der Waals surface area contributed by atoms with Crippen molar-refractivity contribution in [2.75, 3.05) is 18.0 Å². The van der Waals surface area contributed by atoms with Crippen LogP contribution in [0.1, 0.15) is 13.3 Å². The van der Waals surface area contributed by atoms with Gasteiger partial charge in [0.15, 0.2) is 5.82 Å². The molecule has 20 heavy (non-hydrogen) atoms. The van der Waals surface area contributed by atoms with Crippen LogP contribution in [-0.4, -0.2) is 33.8 Å². The molecule has 1 aromatic carbocycles. The Morgan fingerprint density at radius 3 is 2.65 bits per heavy atom. The van der Waals surface area contributed by atoms with Crippen LogP contribution in [-0.2, 0) is 0 Å². The number of rotatable bonds is 2. The predicted molar refractivity (Wildman–Crippen MR) is 79.9 cm³/mol. The average molecular weight is 290 g/mol. The van der Waals surface area contributed by atoms with Gasteiger partial charge in [-0.25, -0.2) is 9.97 Å². The molecule has 1 aliphatic heterocycles. The summed E-state index contributed by atoms with van der Waals surface area (Å²) in [6.45, 7) is 3.18. The molecule has 4 nitrogen and oxygen atoms in total. The van der Waals surface area contributed by atoms with Crippen LogP contribution < -0.4 is 4.90 Å². The van der Waals surface area contributed by atoms with Gasteiger partial charge in [-0.05, 0) is 13.3 Å². The highest BCUT2D eigenvalue weighted by Gasteiger charge is 2.32. The molecule has 104 valence electrons. The zero-order valence-corrected chi connectivity index (χ0v) is 12.0. The van der Waals surface area contributed by atoms with Gasteiger partial charge in [0.25, 0.3) is 0 Å². The molecule has 3 rings (SSSR count). The molecular formula is C15H16ClN3O. The van der Waals surface area contributed by atoms with Crippen molar-refractivity contribution in [2.24, 2.45) is 0 Å². The molecule has 1 aromatic heterocycles. The van der Waals surface area contributed by atoms with Gasteiger partial charge in [-0.1, -0.05) is 41.9 Å². The van der Waals surface area contributed by atoms with E-state index in [1.54, 1.807) is 6.07 Å². The summed E-state index contributed by atoms with van der Waals surface area (Å²) in [5.41, 5.74) is 0.270. The van der Waals surface area contributed by atoms with Crippen LogP contribution in [0, 0.1) is 0 Å². The summed E-state index contributed by atoms with van der Waals surface area (Å²) in [6.07, 6.45) is 0.731. The van der Waals surface area contributed by atoms with Gasteiger partial charge < -0.3 is 10.0 Å². The average Bonchev–Trinajstić information content (AvgIpc) is 2.79. The maximum atomic E-state index is 10.1. The molecule has 2 heterocycles. The molecule has 0 spiro atoms. The van der Waals surface area contributed by atoms with Gasteiger partial charge in [-0.15, -0.1) is 0 Å². The van der Waals surface area contributed by atoms with Crippen molar-refractivity contribution >= 4 is 17.4 Å². The van der Waals surface area contributed by atoms with E-state index in [-0.39, 0.29) is 0 Å². The van der Waals surface area contributed by atoms with E-state index in [0.29, 0.717) is 17.5 Å². The normalized spacial score (nSPS) is 22.2. The minimum absolute atomic E-state index is 0.417. The van der Waals surface area contributed by atoms with Gasteiger partial charge in [0, 0.05) is 24.7 Å². The zero-order valence-electron chi connectivity index (χ0n) is 11.3. The van der Waals surface area contributed by atoms with Crippen molar-refractivity contribution in [3.63, 3.8) is 0 Å². The monoisotopic (exact) mass is 289 g/mol. The zero-order chi connectivity index (χ0) is 14.2. The number of hydrogen-bond acceptors (Lipinski definition) is 4. The second-order valence-electron chi connectivity index (χ2n) is 5.41. The summed E-state index contributed by atoms with van der Waals surface area (Å²) in [5.74, 6) is 1.38. The fourth-order valence-corrected chi connectivity index (χ4v) is 2.60. The Balaban J connectivity index is 1.96. The fourth-order valence-electron chi connectivity index (χ4n) is 2.42. The molecule has 0 aliphatic carbocycles. The molecule has 0 radical (unpaired) electrons. The Morgan fingerprint density at radius 2 is 2.00 bits per heavy atom. The van der Waals surface area contributed by atoms with Crippen LogP contribution >= 0.6 is 11.6 Å². The molecule has 2 aromatic rings. The van der Waals surface area contributed by atoms with Crippen LogP contribution in [0.3, 0.4) is 0 Å². The van der Waals surface area contributed by atoms with Crippen molar-refractivity contribution in [1.82, 2.24) is 9.97 Å². The Kier molecular flexibility index (Phi) is 3.36. The highest BCUT2D eigenvalue weighted by molar-refractivity contribution is 6.29. The molecule has 1 saturated heterocycles. The number of aliphatic hydroxyl groups is 1. The Morgan fingerprint density at radius 1 is 1.25 bits per heavy atom. The van der Waals surface area contributed by atoms with E-state index in [1.165, 1.54) is 0 Å². The van der Waals surface area contributed by atoms with E-state index in [2.05, 4.69) is 9.97 Å². The number of β-amino-alcohol motifs (C(OH)–C–C–N with tert-alkyl or cyclic N) is 1. The number of halogens is 1. The maximum absolute atomic E-state index is 10.1. The lowest BCUT2D eigenvalue weighted by molar-refractivity contribution is 0.0839. The fraction of sp³-hybridized carbons (Fsp3) is 0.333. The third-order valence-electron chi connectivity index (χ3n) is 3.49. The van der Waals surface area contributed by atoms with Crippen molar-refractivity contribution < 1.29 is 5.11 Å². The van der Waals surface area contributed by atoms with Crippen LogP contribution in [0.4, 0.5) is 5.82 Å². The molecule has 1 aliphatic rings. The Bertz CT molecular complexity index is 616.